The van der Waals surface area contributed by atoms with Crippen LogP contribution >= 0.6 is 0 Å². The molecule has 0 aliphatic heterocycles. The van der Waals surface area contributed by atoms with Crippen LogP contribution in [0, 0.1) is 12.3 Å². The molecule has 0 amide bonds. The molecule has 1 N–H and O–H groups in total. The van der Waals surface area contributed by atoms with Gasteiger partial charge in [0.05, 0.1) is 12.1 Å². The summed E-state index contributed by atoms with van der Waals surface area (Å²) in [6.07, 6.45) is 6.23. The lowest BCUT2D eigenvalue weighted by molar-refractivity contribution is 0.0697. The Morgan fingerprint density at radius 3 is 3.00 bits per heavy atom. The molecule has 5 heteroatoms. The summed E-state index contributed by atoms with van der Waals surface area (Å²) in [6, 6.07) is 5.03. The Hall–Kier alpha value is -2.48. The molecule has 2 rings (SSSR count). The average molecular weight is 258 g/mol. The largest absolute Gasteiger partial charge is 0.478 e. The van der Waals surface area contributed by atoms with Gasteiger partial charge in [0.15, 0.2) is 5.58 Å². The molecule has 0 spiro atoms. The van der Waals surface area contributed by atoms with E-state index in [2.05, 4.69) is 10.9 Å². The molecule has 0 radical (unpaired) electrons. The zero-order chi connectivity index (χ0) is 13.8. The lowest BCUT2D eigenvalue weighted by Gasteiger charge is -2.15. The number of anilines is 1. The Morgan fingerprint density at radius 1 is 1.58 bits per heavy atom. The zero-order valence-corrected chi connectivity index (χ0v) is 10.6. The quantitative estimate of drug-likeness (QED) is 0.834. The van der Waals surface area contributed by atoms with Gasteiger partial charge in [0.2, 0.25) is 0 Å². The van der Waals surface area contributed by atoms with E-state index >= 15 is 0 Å². The summed E-state index contributed by atoms with van der Waals surface area (Å²) < 4.78 is 5.58. The highest BCUT2D eigenvalue weighted by molar-refractivity contribution is 5.92. The van der Waals surface area contributed by atoms with E-state index in [1.165, 1.54) is 12.1 Å². The fourth-order valence-corrected chi connectivity index (χ4v) is 1.80. The van der Waals surface area contributed by atoms with Gasteiger partial charge in [0, 0.05) is 6.54 Å². The molecule has 1 aromatic heterocycles. The second kappa shape index (κ2) is 5.44. The maximum absolute atomic E-state index is 10.9. The molecule has 19 heavy (non-hydrogen) atoms. The van der Waals surface area contributed by atoms with E-state index in [0.29, 0.717) is 23.7 Å². The third kappa shape index (κ3) is 2.68. The van der Waals surface area contributed by atoms with E-state index in [9.17, 15) is 4.79 Å². The second-order valence-corrected chi connectivity index (χ2v) is 4.11. The molecule has 0 bridgehead atoms. The van der Waals surface area contributed by atoms with E-state index in [-0.39, 0.29) is 5.56 Å². The number of carboxylic acids is 1. The fraction of sp³-hybridized carbons (Fsp3) is 0.286. The lowest BCUT2D eigenvalue weighted by Crippen LogP contribution is -2.24. The normalized spacial score (nSPS) is 10.3. The monoisotopic (exact) mass is 258 g/mol. The molecule has 2 aromatic rings. The SMILES string of the molecule is C#CCN(CCC)c1nc2ccc(C(=O)O)cc2o1. The zero-order valence-electron chi connectivity index (χ0n) is 10.6. The number of rotatable bonds is 5. The van der Waals surface area contributed by atoms with Crippen molar-refractivity contribution in [1.82, 2.24) is 4.98 Å². The Kier molecular flexibility index (Phi) is 3.71. The van der Waals surface area contributed by atoms with Crippen molar-refractivity contribution in [2.45, 2.75) is 13.3 Å². The predicted octanol–water partition coefficient (Wildman–Crippen LogP) is 2.38. The van der Waals surface area contributed by atoms with Crippen LogP contribution in [0.15, 0.2) is 22.6 Å². The highest BCUT2D eigenvalue weighted by Crippen LogP contribution is 2.23. The standard InChI is InChI=1S/C14H14N2O3/c1-3-7-16(8-4-2)14-15-11-6-5-10(13(17)18)9-12(11)19-14/h1,5-6,9H,4,7-8H2,2H3,(H,17,18). The van der Waals surface area contributed by atoms with Crippen LogP contribution in [0.3, 0.4) is 0 Å². The molecule has 0 aliphatic carbocycles. The second-order valence-electron chi connectivity index (χ2n) is 4.11. The van der Waals surface area contributed by atoms with Crippen LogP contribution in [0.25, 0.3) is 11.1 Å². The van der Waals surface area contributed by atoms with Crippen molar-refractivity contribution in [3.05, 3.63) is 23.8 Å². The van der Waals surface area contributed by atoms with Crippen LogP contribution in [0.5, 0.6) is 0 Å². The van der Waals surface area contributed by atoms with Gasteiger partial charge in [0.1, 0.15) is 5.52 Å². The first-order chi connectivity index (χ1) is 9.15. The van der Waals surface area contributed by atoms with Crippen molar-refractivity contribution in [2.75, 3.05) is 18.0 Å². The van der Waals surface area contributed by atoms with Crippen molar-refractivity contribution in [3.63, 3.8) is 0 Å². The van der Waals surface area contributed by atoms with Crippen LogP contribution < -0.4 is 4.90 Å². The van der Waals surface area contributed by atoms with Crippen molar-refractivity contribution < 1.29 is 14.3 Å². The van der Waals surface area contributed by atoms with Crippen LogP contribution in [-0.4, -0.2) is 29.1 Å². The first kappa shape index (κ1) is 13.0. The topological polar surface area (TPSA) is 66.6 Å². The fourth-order valence-electron chi connectivity index (χ4n) is 1.80. The summed E-state index contributed by atoms with van der Waals surface area (Å²) in [4.78, 5) is 17.1. The number of benzene rings is 1. The van der Waals surface area contributed by atoms with Gasteiger partial charge in [-0.25, -0.2) is 4.79 Å². The van der Waals surface area contributed by atoms with Gasteiger partial charge in [-0.15, -0.1) is 6.42 Å². The number of aromatic nitrogens is 1. The molecular weight excluding hydrogens is 244 g/mol. The van der Waals surface area contributed by atoms with E-state index in [4.69, 9.17) is 15.9 Å². The van der Waals surface area contributed by atoms with Gasteiger partial charge in [-0.05, 0) is 24.6 Å². The molecule has 0 saturated heterocycles. The van der Waals surface area contributed by atoms with E-state index in [1.807, 2.05) is 11.8 Å². The van der Waals surface area contributed by atoms with Gasteiger partial charge in [0.25, 0.3) is 6.01 Å². The Bertz CT molecular complexity index is 640. The highest BCUT2D eigenvalue weighted by Gasteiger charge is 2.14. The van der Waals surface area contributed by atoms with Gasteiger partial charge in [-0.1, -0.05) is 12.8 Å². The summed E-state index contributed by atoms with van der Waals surface area (Å²) in [5.74, 6) is 1.57. The van der Waals surface area contributed by atoms with Crippen molar-refractivity contribution >= 4 is 23.1 Å². The van der Waals surface area contributed by atoms with Crippen LogP contribution in [-0.2, 0) is 0 Å². The molecule has 98 valence electrons. The van der Waals surface area contributed by atoms with Crippen molar-refractivity contribution in [2.24, 2.45) is 0 Å². The summed E-state index contributed by atoms with van der Waals surface area (Å²) in [5.41, 5.74) is 1.25. The number of fused-ring (bicyclic) bond motifs is 1. The van der Waals surface area contributed by atoms with E-state index < -0.39 is 5.97 Å². The maximum atomic E-state index is 10.9. The third-order valence-corrected chi connectivity index (χ3v) is 2.67. The number of hydrogen-bond acceptors (Lipinski definition) is 4. The van der Waals surface area contributed by atoms with Gasteiger partial charge in [-0.2, -0.15) is 4.98 Å². The molecule has 0 atom stereocenters. The molecule has 0 unspecified atom stereocenters. The highest BCUT2D eigenvalue weighted by atomic mass is 16.4. The van der Waals surface area contributed by atoms with E-state index in [0.717, 1.165) is 13.0 Å². The van der Waals surface area contributed by atoms with Crippen molar-refractivity contribution in [3.8, 4) is 12.3 Å². The number of carboxylic acid groups (broad SMARTS) is 1. The van der Waals surface area contributed by atoms with Crippen LogP contribution in [0.2, 0.25) is 0 Å². The third-order valence-electron chi connectivity index (χ3n) is 2.67. The average Bonchev–Trinajstić information content (AvgIpc) is 2.80. The number of oxazole rings is 1. The lowest BCUT2D eigenvalue weighted by atomic mass is 10.2. The van der Waals surface area contributed by atoms with E-state index in [1.54, 1.807) is 6.07 Å². The summed E-state index contributed by atoms with van der Waals surface area (Å²) in [7, 11) is 0. The molecular formula is C14H14N2O3. The molecule has 5 nitrogen and oxygen atoms in total. The van der Waals surface area contributed by atoms with Gasteiger partial charge >= 0.3 is 5.97 Å². The Labute approximate surface area is 110 Å². The number of aromatic carboxylic acids is 1. The minimum absolute atomic E-state index is 0.175. The Balaban J connectivity index is 2.40. The summed E-state index contributed by atoms with van der Waals surface area (Å²) >= 11 is 0. The first-order valence-corrected chi connectivity index (χ1v) is 5.98. The van der Waals surface area contributed by atoms with Crippen LogP contribution in [0.4, 0.5) is 6.01 Å². The molecule has 0 saturated carbocycles. The molecule has 1 heterocycles. The van der Waals surface area contributed by atoms with Gasteiger partial charge in [-0.3, -0.25) is 0 Å². The minimum Gasteiger partial charge on any atom is -0.478 e. The Morgan fingerprint density at radius 2 is 2.37 bits per heavy atom. The molecule has 1 aromatic carbocycles. The predicted molar refractivity (Wildman–Crippen MR) is 72.3 cm³/mol. The number of hydrogen-bond donors (Lipinski definition) is 1. The van der Waals surface area contributed by atoms with Crippen LogP contribution in [0.1, 0.15) is 23.7 Å². The molecule has 0 fully saturated rings. The van der Waals surface area contributed by atoms with Crippen molar-refractivity contribution in [1.29, 1.82) is 0 Å². The summed E-state index contributed by atoms with van der Waals surface area (Å²) in [6.45, 7) is 3.18. The smallest absolute Gasteiger partial charge is 0.335 e. The number of carbonyl (C=O) groups is 1. The first-order valence-electron chi connectivity index (χ1n) is 5.98. The maximum Gasteiger partial charge on any atom is 0.335 e. The number of terminal acetylenes is 1. The number of nitrogens with zero attached hydrogens (tertiary/aromatic N) is 2. The molecule has 0 aliphatic rings. The minimum atomic E-state index is -0.992. The summed E-state index contributed by atoms with van der Waals surface area (Å²) in [5, 5.41) is 8.93. The van der Waals surface area contributed by atoms with Gasteiger partial charge < -0.3 is 14.4 Å².